The van der Waals surface area contributed by atoms with E-state index in [0.717, 1.165) is 37.2 Å². The van der Waals surface area contributed by atoms with Crippen molar-refractivity contribution in [3.63, 3.8) is 0 Å². The molecule has 5 nitrogen and oxygen atoms in total. The van der Waals surface area contributed by atoms with Gasteiger partial charge in [-0.3, -0.25) is 9.48 Å². The number of hydrogen-bond donors (Lipinski definition) is 1. The predicted molar refractivity (Wildman–Crippen MR) is 93.9 cm³/mol. The molecule has 1 N–H and O–H groups in total. The quantitative estimate of drug-likeness (QED) is 0.884. The minimum absolute atomic E-state index is 0.00728. The van der Waals surface area contributed by atoms with Crippen molar-refractivity contribution in [3.05, 3.63) is 48.3 Å². The van der Waals surface area contributed by atoms with Crippen LogP contribution in [-0.4, -0.2) is 28.4 Å². The van der Waals surface area contributed by atoms with Gasteiger partial charge in [-0.2, -0.15) is 5.10 Å². The van der Waals surface area contributed by atoms with E-state index < -0.39 is 0 Å². The smallest absolute Gasteiger partial charge is 0.232 e. The number of carbonyl (C=O) groups excluding carboxylic acids is 1. The van der Waals surface area contributed by atoms with Crippen LogP contribution < -0.4 is 5.32 Å². The van der Waals surface area contributed by atoms with E-state index in [1.807, 2.05) is 41.2 Å². The van der Waals surface area contributed by atoms with Crippen LogP contribution in [0.15, 0.2) is 42.7 Å². The number of carbonyl (C=O) groups is 1. The van der Waals surface area contributed by atoms with Crippen molar-refractivity contribution < 1.29 is 9.53 Å². The second-order valence-corrected chi connectivity index (χ2v) is 6.71. The van der Waals surface area contributed by atoms with Gasteiger partial charge in [0.15, 0.2) is 0 Å². The Morgan fingerprint density at radius 1 is 1.38 bits per heavy atom. The highest BCUT2D eigenvalue weighted by molar-refractivity contribution is 5.95. The number of nitrogens with one attached hydrogen (secondary N) is 1. The lowest BCUT2D eigenvalue weighted by Crippen LogP contribution is -2.25. The highest BCUT2D eigenvalue weighted by Crippen LogP contribution is 2.26. The lowest BCUT2D eigenvalue weighted by atomic mass is 9.87. The summed E-state index contributed by atoms with van der Waals surface area (Å²) < 4.78 is 7.47. The fourth-order valence-electron chi connectivity index (χ4n) is 3.24. The molecule has 2 aromatic rings. The monoisotopic (exact) mass is 327 g/mol. The van der Waals surface area contributed by atoms with Crippen molar-refractivity contribution in [1.82, 2.24) is 9.78 Å². The molecule has 0 spiro atoms. The van der Waals surface area contributed by atoms with E-state index in [1.54, 1.807) is 6.20 Å². The van der Waals surface area contributed by atoms with Crippen LogP contribution in [-0.2, 0) is 16.1 Å². The average Bonchev–Trinajstić information content (AvgIpc) is 3.21. The molecule has 1 aliphatic heterocycles. The Bertz CT molecular complexity index is 660. The second kappa shape index (κ2) is 7.62. The minimum atomic E-state index is -0.173. The molecule has 128 valence electrons. The molecule has 1 aromatic carbocycles. The summed E-state index contributed by atoms with van der Waals surface area (Å²) in [6, 6.07) is 9.92. The third-order valence-electron chi connectivity index (χ3n) is 4.42. The summed E-state index contributed by atoms with van der Waals surface area (Å²) in [5.74, 6) is 0.0508. The van der Waals surface area contributed by atoms with Crippen LogP contribution in [0.2, 0.25) is 0 Å². The number of hydrogen-bond acceptors (Lipinski definition) is 3. The normalized spacial score (nSPS) is 18.7. The Hall–Kier alpha value is -2.14. The maximum atomic E-state index is 12.7. The van der Waals surface area contributed by atoms with Gasteiger partial charge in [0.25, 0.3) is 0 Å². The van der Waals surface area contributed by atoms with Gasteiger partial charge in [-0.1, -0.05) is 44.2 Å². The Balaban J connectivity index is 1.65. The van der Waals surface area contributed by atoms with E-state index in [2.05, 4.69) is 24.3 Å². The van der Waals surface area contributed by atoms with E-state index in [4.69, 9.17) is 4.74 Å². The van der Waals surface area contributed by atoms with E-state index in [-0.39, 0.29) is 23.8 Å². The van der Waals surface area contributed by atoms with Crippen LogP contribution >= 0.6 is 0 Å². The standard InChI is InChI=1S/C19H25N3O2/c1-14(2)18(15-7-4-3-5-8-15)19(23)21-16-11-20-22(12-16)13-17-9-6-10-24-17/h3-5,7-8,11-12,14,17-18H,6,9-10,13H2,1-2H3,(H,21,23). The fourth-order valence-corrected chi connectivity index (χ4v) is 3.24. The summed E-state index contributed by atoms with van der Waals surface area (Å²) >= 11 is 0. The summed E-state index contributed by atoms with van der Waals surface area (Å²) in [4.78, 5) is 12.7. The van der Waals surface area contributed by atoms with Crippen LogP contribution in [0.1, 0.15) is 38.2 Å². The molecule has 2 unspecified atom stereocenters. The number of rotatable bonds is 6. The van der Waals surface area contributed by atoms with Crippen LogP contribution in [0.4, 0.5) is 5.69 Å². The molecule has 1 aliphatic rings. The first-order valence-corrected chi connectivity index (χ1v) is 8.63. The second-order valence-electron chi connectivity index (χ2n) is 6.71. The molecule has 0 bridgehead atoms. The predicted octanol–water partition coefficient (Wildman–Crippen LogP) is 3.44. The van der Waals surface area contributed by atoms with Gasteiger partial charge in [-0.05, 0) is 24.3 Å². The molecule has 1 aromatic heterocycles. The van der Waals surface area contributed by atoms with E-state index >= 15 is 0 Å². The summed E-state index contributed by atoms with van der Waals surface area (Å²) in [5.41, 5.74) is 1.77. The summed E-state index contributed by atoms with van der Waals surface area (Å²) in [6.07, 6.45) is 6.01. The number of benzene rings is 1. The van der Waals surface area contributed by atoms with Gasteiger partial charge >= 0.3 is 0 Å². The summed E-state index contributed by atoms with van der Waals surface area (Å²) in [6.45, 7) is 5.71. The maximum absolute atomic E-state index is 12.7. The molecule has 2 heterocycles. The Morgan fingerprint density at radius 3 is 2.83 bits per heavy atom. The average molecular weight is 327 g/mol. The third-order valence-corrected chi connectivity index (χ3v) is 4.42. The van der Waals surface area contributed by atoms with Crippen molar-refractivity contribution in [2.45, 2.75) is 45.3 Å². The summed E-state index contributed by atoms with van der Waals surface area (Å²) in [5, 5.41) is 7.34. The molecule has 1 fully saturated rings. The van der Waals surface area contributed by atoms with Crippen LogP contribution in [0.5, 0.6) is 0 Å². The Labute approximate surface area is 143 Å². The van der Waals surface area contributed by atoms with Crippen LogP contribution in [0.3, 0.4) is 0 Å². The van der Waals surface area contributed by atoms with Crippen molar-refractivity contribution in [1.29, 1.82) is 0 Å². The molecule has 5 heteroatoms. The van der Waals surface area contributed by atoms with Gasteiger partial charge < -0.3 is 10.1 Å². The van der Waals surface area contributed by atoms with E-state index in [1.165, 1.54) is 0 Å². The summed E-state index contributed by atoms with van der Waals surface area (Å²) in [7, 11) is 0. The number of aromatic nitrogens is 2. The zero-order valence-electron chi connectivity index (χ0n) is 14.3. The number of anilines is 1. The topological polar surface area (TPSA) is 56.2 Å². The molecule has 0 saturated carbocycles. The van der Waals surface area contributed by atoms with Gasteiger partial charge in [0.2, 0.25) is 5.91 Å². The molecular formula is C19H25N3O2. The van der Waals surface area contributed by atoms with Crippen molar-refractivity contribution in [2.24, 2.45) is 5.92 Å². The van der Waals surface area contributed by atoms with Crippen molar-refractivity contribution in [3.8, 4) is 0 Å². The van der Waals surface area contributed by atoms with Gasteiger partial charge in [0, 0.05) is 12.8 Å². The van der Waals surface area contributed by atoms with Gasteiger partial charge in [-0.25, -0.2) is 0 Å². The lowest BCUT2D eigenvalue weighted by molar-refractivity contribution is -0.118. The number of nitrogens with zero attached hydrogens (tertiary/aromatic N) is 2. The molecule has 1 amide bonds. The van der Waals surface area contributed by atoms with Gasteiger partial charge in [-0.15, -0.1) is 0 Å². The first-order chi connectivity index (χ1) is 11.6. The van der Waals surface area contributed by atoms with E-state index in [0.29, 0.717) is 0 Å². The molecule has 0 aliphatic carbocycles. The van der Waals surface area contributed by atoms with Crippen molar-refractivity contribution >= 4 is 11.6 Å². The Kier molecular flexibility index (Phi) is 5.30. The Morgan fingerprint density at radius 2 is 2.17 bits per heavy atom. The number of amides is 1. The zero-order chi connectivity index (χ0) is 16.9. The lowest BCUT2D eigenvalue weighted by Gasteiger charge is -2.20. The minimum Gasteiger partial charge on any atom is -0.376 e. The molecule has 24 heavy (non-hydrogen) atoms. The first-order valence-electron chi connectivity index (χ1n) is 8.63. The first kappa shape index (κ1) is 16.7. The van der Waals surface area contributed by atoms with Gasteiger partial charge in [0.05, 0.1) is 30.5 Å². The fraction of sp³-hybridized carbons (Fsp3) is 0.474. The molecular weight excluding hydrogens is 302 g/mol. The van der Waals surface area contributed by atoms with Gasteiger partial charge in [0.1, 0.15) is 0 Å². The highest BCUT2D eigenvalue weighted by atomic mass is 16.5. The number of ether oxygens (including phenoxy) is 1. The van der Waals surface area contributed by atoms with Crippen LogP contribution in [0.25, 0.3) is 0 Å². The maximum Gasteiger partial charge on any atom is 0.232 e. The highest BCUT2D eigenvalue weighted by Gasteiger charge is 2.24. The van der Waals surface area contributed by atoms with Crippen molar-refractivity contribution in [2.75, 3.05) is 11.9 Å². The third kappa shape index (κ3) is 4.03. The molecule has 3 rings (SSSR count). The molecule has 2 atom stereocenters. The largest absolute Gasteiger partial charge is 0.376 e. The molecule has 0 radical (unpaired) electrons. The molecule has 1 saturated heterocycles. The zero-order valence-corrected chi connectivity index (χ0v) is 14.3. The SMILES string of the molecule is CC(C)C(C(=O)Nc1cnn(CC2CCCO2)c1)c1ccccc1. The van der Waals surface area contributed by atoms with E-state index in [9.17, 15) is 4.79 Å². The van der Waals surface area contributed by atoms with Crippen LogP contribution in [0, 0.1) is 5.92 Å².